The normalized spacial score (nSPS) is 13.1. The Morgan fingerprint density at radius 3 is 2.61 bits per heavy atom. The van der Waals surface area contributed by atoms with Crippen LogP contribution in [0.3, 0.4) is 0 Å². The molecule has 1 saturated heterocycles. The number of fused-ring (bicyclic) bond motifs is 1. The number of hydrogen-bond donors (Lipinski definition) is 3. The van der Waals surface area contributed by atoms with Crippen LogP contribution in [0.15, 0.2) is 54.0 Å². The van der Waals surface area contributed by atoms with Crippen LogP contribution in [0.5, 0.6) is 0 Å². The van der Waals surface area contributed by atoms with E-state index in [4.69, 9.17) is 15.4 Å². The lowest BCUT2D eigenvalue weighted by atomic mass is 10.1. The number of rotatable bonds is 6. The van der Waals surface area contributed by atoms with Gasteiger partial charge in [-0.1, -0.05) is 12.1 Å². The lowest BCUT2D eigenvalue weighted by molar-refractivity contribution is 0.101. The lowest BCUT2D eigenvalue weighted by Gasteiger charge is -2.27. The summed E-state index contributed by atoms with van der Waals surface area (Å²) in [5, 5.41) is 5.79. The number of carbonyl (C=O) groups excluding carboxylic acids is 1. The number of carbonyl (C=O) groups is 1. The Morgan fingerprint density at radius 2 is 1.95 bits per heavy atom. The maximum atomic E-state index is 14.1. The summed E-state index contributed by atoms with van der Waals surface area (Å²) in [6.07, 6.45) is 4.05. The number of aromatic nitrogens is 3. The van der Waals surface area contributed by atoms with Gasteiger partial charge < -0.3 is 25.7 Å². The van der Waals surface area contributed by atoms with E-state index in [0.717, 1.165) is 48.7 Å². The van der Waals surface area contributed by atoms with Gasteiger partial charge in [-0.15, -0.1) is 0 Å². The van der Waals surface area contributed by atoms with E-state index in [0.29, 0.717) is 36.5 Å². The molecule has 4 aromatic rings. The molecule has 5 rings (SSSR count). The molecule has 1 aromatic carbocycles. The van der Waals surface area contributed by atoms with Crippen molar-refractivity contribution in [1.82, 2.24) is 15.0 Å². The number of nitrogens with two attached hydrogens (primary N) is 1. The summed E-state index contributed by atoms with van der Waals surface area (Å²) in [5.41, 5.74) is 6.97. The maximum absolute atomic E-state index is 14.1. The molecule has 10 nitrogen and oxygen atoms in total. The molecule has 0 radical (unpaired) electrons. The van der Waals surface area contributed by atoms with Gasteiger partial charge in [0.25, 0.3) is 5.91 Å². The number of pyridine rings is 2. The first kappa shape index (κ1) is 26.6. The molecule has 0 saturated carbocycles. The predicted octanol–water partition coefficient (Wildman–Crippen LogP) is 4.74. The van der Waals surface area contributed by atoms with Crippen molar-refractivity contribution in [2.45, 2.75) is 13.3 Å². The lowest BCUT2D eigenvalue weighted by Crippen LogP contribution is -2.36. The van der Waals surface area contributed by atoms with Crippen LogP contribution in [0.4, 0.5) is 26.0 Å². The molecule has 0 unspecified atom stereocenters. The number of nitrogens with one attached hydrogen (secondary N) is 2. The highest BCUT2D eigenvalue weighted by Gasteiger charge is 2.20. The third-order valence-electron chi connectivity index (χ3n) is 5.78. The summed E-state index contributed by atoms with van der Waals surface area (Å²) in [6, 6.07) is 9.48. The Balaban J connectivity index is 0.000000617. The van der Waals surface area contributed by atoms with E-state index in [1.807, 2.05) is 25.1 Å². The number of anilines is 3. The standard InChI is InChI=1S/C23H20F2N6O2.C3H7NO/c24-16-2-3-17(26)21(25)20(16)23(32)29-15-9-14-10-18(30-22(14)28-12-15)13-1-4-19(27-11-13)31-5-7-33-8-6-31;1-2-3-4-5/h1-4,9-12H,5-8,26H2,(H,28,30)(H,29,32);2-3H2,1H3. The van der Waals surface area contributed by atoms with Gasteiger partial charge in [0.05, 0.1) is 37.3 Å². The van der Waals surface area contributed by atoms with Crippen molar-refractivity contribution < 1.29 is 18.3 Å². The van der Waals surface area contributed by atoms with Crippen molar-refractivity contribution in [2.75, 3.05) is 48.8 Å². The molecular weight excluding hydrogens is 496 g/mol. The molecule has 0 bridgehead atoms. The number of H-pyrrole nitrogens is 1. The summed E-state index contributed by atoms with van der Waals surface area (Å²) in [5.74, 6) is -2.15. The van der Waals surface area contributed by atoms with Crippen molar-refractivity contribution >= 4 is 34.1 Å². The Kier molecular flexibility index (Phi) is 8.54. The van der Waals surface area contributed by atoms with E-state index in [-0.39, 0.29) is 5.69 Å². The molecule has 4 N–H and O–H groups in total. The van der Waals surface area contributed by atoms with Crippen LogP contribution in [0, 0.1) is 16.5 Å². The number of morpholine rings is 1. The average Bonchev–Trinajstić information content (AvgIpc) is 3.36. The molecule has 0 aliphatic carbocycles. The monoisotopic (exact) mass is 523 g/mol. The molecule has 38 heavy (non-hydrogen) atoms. The Hall–Kier alpha value is -4.45. The van der Waals surface area contributed by atoms with Gasteiger partial charge in [-0.25, -0.2) is 18.7 Å². The molecule has 12 heteroatoms. The van der Waals surface area contributed by atoms with Gasteiger partial charge in [-0.05, 0) is 42.8 Å². The van der Waals surface area contributed by atoms with E-state index < -0.39 is 23.1 Å². The summed E-state index contributed by atoms with van der Waals surface area (Å²) in [4.78, 5) is 35.8. The van der Waals surface area contributed by atoms with Crippen LogP contribution in [0.25, 0.3) is 22.3 Å². The number of amides is 1. The van der Waals surface area contributed by atoms with Crippen LogP contribution in [-0.4, -0.2) is 53.7 Å². The van der Waals surface area contributed by atoms with Gasteiger partial charge >= 0.3 is 0 Å². The van der Waals surface area contributed by atoms with Crippen molar-refractivity contribution in [3.05, 3.63) is 70.9 Å². The molecule has 0 atom stereocenters. The van der Waals surface area contributed by atoms with E-state index in [2.05, 4.69) is 30.3 Å². The highest BCUT2D eigenvalue weighted by atomic mass is 19.1. The average molecular weight is 524 g/mol. The maximum Gasteiger partial charge on any atom is 0.261 e. The zero-order valence-corrected chi connectivity index (χ0v) is 20.7. The number of hydrogen-bond acceptors (Lipinski definition) is 8. The number of benzene rings is 1. The molecule has 0 spiro atoms. The Morgan fingerprint density at radius 1 is 1.16 bits per heavy atom. The molecular formula is C26H27F2N7O3. The van der Waals surface area contributed by atoms with Crippen LogP contribution in [0.2, 0.25) is 0 Å². The first-order valence-corrected chi connectivity index (χ1v) is 12.0. The van der Waals surface area contributed by atoms with Gasteiger partial charge in [-0.3, -0.25) is 4.79 Å². The second kappa shape index (κ2) is 12.2. The number of aromatic amines is 1. The summed E-state index contributed by atoms with van der Waals surface area (Å²) < 4.78 is 33.5. The van der Waals surface area contributed by atoms with E-state index in [9.17, 15) is 13.6 Å². The first-order chi connectivity index (χ1) is 18.4. The van der Waals surface area contributed by atoms with Gasteiger partial charge in [0.2, 0.25) is 0 Å². The number of ether oxygens (including phenoxy) is 1. The highest BCUT2D eigenvalue weighted by Crippen LogP contribution is 2.26. The minimum Gasteiger partial charge on any atom is -0.396 e. The van der Waals surface area contributed by atoms with Crippen molar-refractivity contribution in [2.24, 2.45) is 5.18 Å². The highest BCUT2D eigenvalue weighted by molar-refractivity contribution is 6.05. The quantitative estimate of drug-likeness (QED) is 0.245. The fourth-order valence-corrected chi connectivity index (χ4v) is 3.83. The van der Waals surface area contributed by atoms with Crippen molar-refractivity contribution in [1.29, 1.82) is 0 Å². The van der Waals surface area contributed by atoms with E-state index in [1.54, 1.807) is 12.3 Å². The van der Waals surface area contributed by atoms with E-state index >= 15 is 0 Å². The second-order valence-corrected chi connectivity index (χ2v) is 8.48. The third-order valence-corrected chi connectivity index (χ3v) is 5.78. The second-order valence-electron chi connectivity index (χ2n) is 8.48. The molecule has 1 fully saturated rings. The molecule has 1 aliphatic rings. The van der Waals surface area contributed by atoms with Gasteiger partial charge in [0.15, 0.2) is 5.82 Å². The number of nitroso groups, excluding NO2 is 1. The SMILES string of the molecule is CCCN=O.Nc1ccc(F)c(C(=O)Nc2cnc3[nH]c(-c4ccc(N5CCOCC5)nc4)cc3c2)c1F. The van der Waals surface area contributed by atoms with Crippen LogP contribution >= 0.6 is 0 Å². The van der Waals surface area contributed by atoms with Crippen LogP contribution in [0.1, 0.15) is 23.7 Å². The number of halogens is 2. The third kappa shape index (κ3) is 6.09. The minimum absolute atomic E-state index is 0.292. The number of nitrogens with zero attached hydrogens (tertiary/aromatic N) is 4. The van der Waals surface area contributed by atoms with Gasteiger partial charge in [-0.2, -0.15) is 4.91 Å². The largest absolute Gasteiger partial charge is 0.396 e. The molecule has 3 aromatic heterocycles. The summed E-state index contributed by atoms with van der Waals surface area (Å²) in [6.45, 7) is 5.36. The molecule has 198 valence electrons. The van der Waals surface area contributed by atoms with Crippen LogP contribution in [-0.2, 0) is 4.74 Å². The van der Waals surface area contributed by atoms with Crippen molar-refractivity contribution in [3.63, 3.8) is 0 Å². The van der Waals surface area contributed by atoms with Gasteiger partial charge in [0.1, 0.15) is 22.8 Å². The molecule has 4 heterocycles. The molecule has 1 aliphatic heterocycles. The minimum atomic E-state index is -1.10. The van der Waals surface area contributed by atoms with E-state index in [1.165, 1.54) is 6.20 Å². The Bertz CT molecular complexity index is 1420. The Labute approximate surface area is 217 Å². The smallest absolute Gasteiger partial charge is 0.261 e. The zero-order chi connectivity index (χ0) is 27.1. The first-order valence-electron chi connectivity index (χ1n) is 12.0. The summed E-state index contributed by atoms with van der Waals surface area (Å²) >= 11 is 0. The van der Waals surface area contributed by atoms with Crippen LogP contribution < -0.4 is 16.0 Å². The topological polar surface area (TPSA) is 139 Å². The fraction of sp³-hybridized carbons (Fsp3) is 0.269. The predicted molar refractivity (Wildman–Crippen MR) is 142 cm³/mol. The molecule has 1 amide bonds. The zero-order valence-electron chi connectivity index (χ0n) is 20.7. The fourth-order valence-electron chi connectivity index (χ4n) is 3.83. The van der Waals surface area contributed by atoms with Gasteiger partial charge in [0, 0.05) is 35.9 Å². The number of nitrogen functional groups attached to an aromatic ring is 1. The summed E-state index contributed by atoms with van der Waals surface area (Å²) in [7, 11) is 0. The van der Waals surface area contributed by atoms with Crippen molar-refractivity contribution in [3.8, 4) is 11.3 Å².